The van der Waals surface area contributed by atoms with E-state index in [1.54, 1.807) is 6.07 Å². The van der Waals surface area contributed by atoms with Gasteiger partial charge in [-0.3, -0.25) is 4.79 Å². The molecule has 30 heavy (non-hydrogen) atoms. The highest BCUT2D eigenvalue weighted by Crippen LogP contribution is 2.30. The smallest absolute Gasteiger partial charge is 0.303 e. The Balaban J connectivity index is 1.82. The summed E-state index contributed by atoms with van der Waals surface area (Å²) in [6.07, 6.45) is 1.83. The molecule has 1 N–H and O–H groups in total. The summed E-state index contributed by atoms with van der Waals surface area (Å²) >= 11 is 0. The molecule has 0 saturated heterocycles. The summed E-state index contributed by atoms with van der Waals surface area (Å²) in [5.74, 6) is -1.15. The normalized spacial score (nSPS) is 14.5. The van der Waals surface area contributed by atoms with Gasteiger partial charge in [0.1, 0.15) is 6.61 Å². The number of carbonyl (C=O) groups is 1. The van der Waals surface area contributed by atoms with Crippen LogP contribution >= 0.6 is 0 Å². The van der Waals surface area contributed by atoms with E-state index >= 15 is 0 Å². The van der Waals surface area contributed by atoms with E-state index in [4.69, 9.17) is 14.6 Å². The van der Waals surface area contributed by atoms with Gasteiger partial charge in [0.05, 0.1) is 13.2 Å². The Morgan fingerprint density at radius 2 is 1.83 bits per heavy atom. The number of aliphatic carboxylic acids is 1. The molecule has 0 fully saturated rings. The highest BCUT2D eigenvalue weighted by molar-refractivity contribution is 5.70. The van der Waals surface area contributed by atoms with Gasteiger partial charge in [-0.1, -0.05) is 18.2 Å². The molecule has 0 atom stereocenters. The molecule has 1 heterocycles. The van der Waals surface area contributed by atoms with E-state index in [0.29, 0.717) is 31.8 Å². The van der Waals surface area contributed by atoms with Crippen LogP contribution < -0.4 is 4.74 Å². The van der Waals surface area contributed by atoms with Crippen LogP contribution in [0.1, 0.15) is 47.1 Å². The Morgan fingerprint density at radius 1 is 1.07 bits per heavy atom. The lowest BCUT2D eigenvalue weighted by Crippen LogP contribution is -2.07. The predicted molar refractivity (Wildman–Crippen MR) is 115 cm³/mol. The summed E-state index contributed by atoms with van der Waals surface area (Å²) in [6.45, 7) is 7.64. The number of ether oxygens (including phenoxy) is 2. The number of benzene rings is 2. The molecule has 0 saturated carbocycles. The van der Waals surface area contributed by atoms with E-state index in [1.165, 1.54) is 28.3 Å². The van der Waals surface area contributed by atoms with Crippen molar-refractivity contribution in [3.05, 3.63) is 69.5 Å². The van der Waals surface area contributed by atoms with Gasteiger partial charge < -0.3 is 14.6 Å². The third-order valence-electron chi connectivity index (χ3n) is 5.73. The molecule has 1 aliphatic rings. The zero-order valence-electron chi connectivity index (χ0n) is 17.9. The van der Waals surface area contributed by atoms with E-state index < -0.39 is 11.8 Å². The van der Waals surface area contributed by atoms with Crippen LogP contribution in [0.25, 0.3) is 5.57 Å². The van der Waals surface area contributed by atoms with Gasteiger partial charge >= 0.3 is 5.97 Å². The van der Waals surface area contributed by atoms with Gasteiger partial charge in [0.25, 0.3) is 0 Å². The SMILES string of the molecule is Cc1ccc(C2=C(COc3cc(C)c(CCC(=O)O)cc3F)CCOCC2)cc1C. The molecule has 2 aromatic carbocycles. The number of carboxylic acids is 1. The summed E-state index contributed by atoms with van der Waals surface area (Å²) < 4.78 is 26.2. The fourth-order valence-corrected chi connectivity index (χ4v) is 3.72. The maximum atomic E-state index is 14.6. The molecular weight excluding hydrogens is 383 g/mol. The third-order valence-corrected chi connectivity index (χ3v) is 5.73. The fourth-order valence-electron chi connectivity index (χ4n) is 3.72. The monoisotopic (exact) mass is 412 g/mol. The molecule has 160 valence electrons. The van der Waals surface area contributed by atoms with Crippen molar-refractivity contribution in [2.24, 2.45) is 0 Å². The van der Waals surface area contributed by atoms with Crippen LogP contribution in [0.2, 0.25) is 0 Å². The number of rotatable bonds is 7. The minimum absolute atomic E-state index is 0.0211. The van der Waals surface area contributed by atoms with Gasteiger partial charge in [-0.2, -0.15) is 0 Å². The minimum atomic E-state index is -0.892. The van der Waals surface area contributed by atoms with Gasteiger partial charge in [0.2, 0.25) is 0 Å². The first-order valence-electron chi connectivity index (χ1n) is 10.3. The van der Waals surface area contributed by atoms with Crippen LogP contribution in [0.4, 0.5) is 4.39 Å². The maximum Gasteiger partial charge on any atom is 0.303 e. The van der Waals surface area contributed by atoms with Crippen LogP contribution in [-0.2, 0) is 16.0 Å². The van der Waals surface area contributed by atoms with Crippen LogP contribution in [0.3, 0.4) is 0 Å². The standard InChI is InChI=1S/C25H29FO4/c1-16-4-5-20(12-17(16)2)22-9-11-29-10-8-21(22)15-30-24-13-18(3)19(14-23(24)26)6-7-25(27)28/h4-5,12-14H,6-11,15H2,1-3H3,(H,27,28). The van der Waals surface area contributed by atoms with Crippen molar-refractivity contribution in [3.8, 4) is 5.75 Å². The van der Waals surface area contributed by atoms with Crippen LogP contribution in [0.15, 0.2) is 35.9 Å². The lowest BCUT2D eigenvalue weighted by atomic mass is 9.94. The van der Waals surface area contributed by atoms with Crippen molar-refractivity contribution in [1.29, 1.82) is 0 Å². The lowest BCUT2D eigenvalue weighted by molar-refractivity contribution is -0.136. The molecule has 4 nitrogen and oxygen atoms in total. The first-order valence-corrected chi connectivity index (χ1v) is 10.3. The number of halogens is 1. The van der Waals surface area contributed by atoms with Crippen molar-refractivity contribution < 1.29 is 23.8 Å². The molecule has 0 spiro atoms. The Morgan fingerprint density at radius 3 is 2.57 bits per heavy atom. The van der Waals surface area contributed by atoms with E-state index in [9.17, 15) is 9.18 Å². The zero-order valence-corrected chi connectivity index (χ0v) is 17.9. The van der Waals surface area contributed by atoms with Gasteiger partial charge in [-0.25, -0.2) is 4.39 Å². The highest BCUT2D eigenvalue weighted by Gasteiger charge is 2.16. The van der Waals surface area contributed by atoms with E-state index in [-0.39, 0.29) is 12.2 Å². The van der Waals surface area contributed by atoms with Crippen molar-refractivity contribution in [2.45, 2.75) is 46.5 Å². The second-order valence-electron chi connectivity index (χ2n) is 7.89. The number of aryl methyl sites for hydroxylation is 4. The topological polar surface area (TPSA) is 55.8 Å². The number of hydrogen-bond acceptors (Lipinski definition) is 3. The average Bonchev–Trinajstić information content (AvgIpc) is 2.94. The Bertz CT molecular complexity index is 962. The van der Waals surface area contributed by atoms with Crippen LogP contribution in [-0.4, -0.2) is 30.9 Å². The lowest BCUT2D eigenvalue weighted by Gasteiger charge is -2.16. The molecule has 0 aliphatic carbocycles. The largest absolute Gasteiger partial charge is 0.486 e. The molecular formula is C25H29FO4. The van der Waals surface area contributed by atoms with Crippen LogP contribution in [0.5, 0.6) is 5.75 Å². The summed E-state index contributed by atoms with van der Waals surface area (Å²) in [6, 6.07) is 9.50. The summed E-state index contributed by atoms with van der Waals surface area (Å²) in [5, 5.41) is 8.86. The molecule has 2 aromatic rings. The number of carboxylic acid groups (broad SMARTS) is 1. The van der Waals surface area contributed by atoms with Crippen molar-refractivity contribution in [2.75, 3.05) is 19.8 Å². The number of hydrogen-bond donors (Lipinski definition) is 1. The molecule has 0 bridgehead atoms. The highest BCUT2D eigenvalue weighted by atomic mass is 19.1. The predicted octanol–water partition coefficient (Wildman–Crippen LogP) is 5.41. The summed E-state index contributed by atoms with van der Waals surface area (Å²) in [5.41, 5.74) is 7.53. The summed E-state index contributed by atoms with van der Waals surface area (Å²) in [7, 11) is 0. The second-order valence-corrected chi connectivity index (χ2v) is 7.89. The van der Waals surface area contributed by atoms with E-state index in [1.807, 2.05) is 6.92 Å². The van der Waals surface area contributed by atoms with Crippen LogP contribution in [0, 0.1) is 26.6 Å². The Hall–Kier alpha value is -2.66. The molecule has 3 rings (SSSR count). The molecule has 0 radical (unpaired) electrons. The molecule has 0 unspecified atom stereocenters. The second kappa shape index (κ2) is 9.90. The average molecular weight is 413 g/mol. The molecule has 5 heteroatoms. The van der Waals surface area contributed by atoms with Gasteiger partial charge in [-0.05, 0) is 91.1 Å². The van der Waals surface area contributed by atoms with Gasteiger partial charge in [-0.15, -0.1) is 0 Å². The zero-order chi connectivity index (χ0) is 21.7. The Kier molecular flexibility index (Phi) is 7.27. The molecule has 0 aromatic heterocycles. The van der Waals surface area contributed by atoms with E-state index in [2.05, 4.69) is 32.0 Å². The van der Waals surface area contributed by atoms with Gasteiger partial charge in [0, 0.05) is 6.42 Å². The Labute approximate surface area is 177 Å². The minimum Gasteiger partial charge on any atom is -0.486 e. The maximum absolute atomic E-state index is 14.6. The molecule has 0 amide bonds. The van der Waals surface area contributed by atoms with E-state index in [0.717, 1.165) is 24.0 Å². The van der Waals surface area contributed by atoms with Gasteiger partial charge in [0.15, 0.2) is 11.6 Å². The molecule has 1 aliphatic heterocycles. The third kappa shape index (κ3) is 5.48. The quantitative estimate of drug-likeness (QED) is 0.661. The fraction of sp³-hybridized carbons (Fsp3) is 0.400. The first-order chi connectivity index (χ1) is 14.3. The first kappa shape index (κ1) is 22.0. The van der Waals surface area contributed by atoms with Crippen molar-refractivity contribution in [3.63, 3.8) is 0 Å². The van der Waals surface area contributed by atoms with Crippen molar-refractivity contribution in [1.82, 2.24) is 0 Å². The van der Waals surface area contributed by atoms with Crippen molar-refractivity contribution >= 4 is 11.5 Å². The summed E-state index contributed by atoms with van der Waals surface area (Å²) in [4.78, 5) is 10.8.